The maximum atomic E-state index is 5.94. The van der Waals surface area contributed by atoms with Gasteiger partial charge >= 0.3 is 0 Å². The van der Waals surface area contributed by atoms with Gasteiger partial charge in [0, 0.05) is 6.04 Å². The van der Waals surface area contributed by atoms with Crippen molar-refractivity contribution < 1.29 is 4.74 Å². The fourth-order valence-electron chi connectivity index (χ4n) is 2.60. The Hall–Kier alpha value is -0.670. The van der Waals surface area contributed by atoms with Gasteiger partial charge in [-0.15, -0.1) is 0 Å². The Labute approximate surface area is 114 Å². The number of hydrogen-bond donors (Lipinski definition) is 1. The van der Waals surface area contributed by atoms with E-state index in [0.29, 0.717) is 6.04 Å². The van der Waals surface area contributed by atoms with Crippen molar-refractivity contribution in [3.05, 3.63) is 29.3 Å². The van der Waals surface area contributed by atoms with E-state index in [1.54, 1.807) is 0 Å². The molecule has 1 aromatic rings. The van der Waals surface area contributed by atoms with E-state index in [2.05, 4.69) is 36.7 Å². The summed E-state index contributed by atoms with van der Waals surface area (Å²) in [6, 6.07) is 7.01. The summed E-state index contributed by atoms with van der Waals surface area (Å²) in [7, 11) is 0. The largest absolute Gasteiger partial charge is 0.493 e. The van der Waals surface area contributed by atoms with Gasteiger partial charge in [-0.1, -0.05) is 19.1 Å². The zero-order chi connectivity index (χ0) is 12.8. The lowest BCUT2D eigenvalue weighted by molar-refractivity contribution is 0.316. The zero-order valence-electron chi connectivity index (χ0n) is 11.4. The lowest BCUT2D eigenvalue weighted by Crippen LogP contribution is -2.18. The molecule has 0 amide bonds. The summed E-state index contributed by atoms with van der Waals surface area (Å²) in [4.78, 5) is 0. The van der Waals surface area contributed by atoms with Crippen molar-refractivity contribution in [3.63, 3.8) is 0 Å². The minimum atomic E-state index is 0.528. The second-order valence-electron chi connectivity index (χ2n) is 4.67. The van der Waals surface area contributed by atoms with Crippen molar-refractivity contribution in [2.24, 2.45) is 0 Å². The Balaban J connectivity index is 2.00. The van der Waals surface area contributed by atoms with Gasteiger partial charge in [0.15, 0.2) is 0 Å². The summed E-state index contributed by atoms with van der Waals surface area (Å²) >= 11 is 1.88. The number of thioether (sulfide) groups is 1. The van der Waals surface area contributed by atoms with Crippen LogP contribution in [0.3, 0.4) is 0 Å². The molecule has 0 saturated carbocycles. The number of benzene rings is 1. The second kappa shape index (κ2) is 7.05. The summed E-state index contributed by atoms with van der Waals surface area (Å²) in [6.07, 6.45) is 5.61. The van der Waals surface area contributed by atoms with Gasteiger partial charge in [0.2, 0.25) is 0 Å². The van der Waals surface area contributed by atoms with E-state index in [1.165, 1.54) is 23.3 Å². The van der Waals surface area contributed by atoms with Gasteiger partial charge in [0.05, 0.1) is 6.61 Å². The van der Waals surface area contributed by atoms with Gasteiger partial charge in [0.25, 0.3) is 0 Å². The molecule has 0 aromatic heterocycles. The van der Waals surface area contributed by atoms with Crippen LogP contribution in [0.25, 0.3) is 0 Å². The first-order valence-corrected chi connectivity index (χ1v) is 8.23. The molecule has 1 atom stereocenters. The topological polar surface area (TPSA) is 21.3 Å². The molecule has 0 fully saturated rings. The summed E-state index contributed by atoms with van der Waals surface area (Å²) < 4.78 is 5.94. The molecule has 0 aliphatic heterocycles. The Bertz CT molecular complexity index is 381. The van der Waals surface area contributed by atoms with Crippen molar-refractivity contribution >= 4 is 11.8 Å². The number of nitrogens with one attached hydrogen (secondary N) is 1. The molecule has 0 saturated heterocycles. The van der Waals surface area contributed by atoms with Crippen LogP contribution in [0.4, 0.5) is 0 Å². The summed E-state index contributed by atoms with van der Waals surface area (Å²) in [6.45, 7) is 4.03. The van der Waals surface area contributed by atoms with Gasteiger partial charge in [-0.25, -0.2) is 0 Å². The van der Waals surface area contributed by atoms with E-state index >= 15 is 0 Å². The van der Waals surface area contributed by atoms with E-state index in [-0.39, 0.29) is 0 Å². The maximum Gasteiger partial charge on any atom is 0.122 e. The van der Waals surface area contributed by atoms with Gasteiger partial charge in [-0.3, -0.25) is 0 Å². The third-order valence-corrected chi connectivity index (χ3v) is 4.13. The first-order valence-electron chi connectivity index (χ1n) is 6.83. The van der Waals surface area contributed by atoms with Crippen LogP contribution in [-0.2, 0) is 6.42 Å². The predicted octanol–water partition coefficient (Wildman–Crippen LogP) is 3.42. The molecule has 2 nitrogen and oxygen atoms in total. The highest BCUT2D eigenvalue weighted by atomic mass is 32.2. The summed E-state index contributed by atoms with van der Waals surface area (Å²) in [5.41, 5.74) is 2.87. The molecule has 1 aliphatic rings. The van der Waals surface area contributed by atoms with Crippen LogP contribution in [0.15, 0.2) is 18.2 Å². The molecule has 0 bridgehead atoms. The molecule has 0 heterocycles. The average Bonchev–Trinajstić information content (AvgIpc) is 2.79. The molecule has 0 spiro atoms. The van der Waals surface area contributed by atoms with Crippen LogP contribution in [0.2, 0.25) is 0 Å². The van der Waals surface area contributed by atoms with Gasteiger partial charge < -0.3 is 10.1 Å². The molecule has 100 valence electrons. The molecule has 1 aliphatic carbocycles. The minimum Gasteiger partial charge on any atom is -0.493 e. The molecule has 2 rings (SSSR count). The van der Waals surface area contributed by atoms with Crippen molar-refractivity contribution in [3.8, 4) is 5.75 Å². The highest BCUT2D eigenvalue weighted by Gasteiger charge is 2.24. The molecular weight excluding hydrogens is 242 g/mol. The van der Waals surface area contributed by atoms with Crippen LogP contribution in [0.5, 0.6) is 5.75 Å². The van der Waals surface area contributed by atoms with Gasteiger partial charge in [-0.2, -0.15) is 11.8 Å². The van der Waals surface area contributed by atoms with Crippen LogP contribution >= 0.6 is 11.8 Å². The van der Waals surface area contributed by atoms with E-state index < -0.39 is 0 Å². The number of fused-ring (bicyclic) bond motifs is 1. The minimum absolute atomic E-state index is 0.528. The molecule has 1 N–H and O–H groups in total. The third-order valence-electron chi connectivity index (χ3n) is 3.43. The number of ether oxygens (including phenoxy) is 1. The predicted molar refractivity (Wildman–Crippen MR) is 79.7 cm³/mol. The van der Waals surface area contributed by atoms with Crippen LogP contribution in [0.1, 0.15) is 36.9 Å². The Morgan fingerprint density at radius 2 is 2.33 bits per heavy atom. The number of rotatable bonds is 7. The first kappa shape index (κ1) is 13.8. The molecular formula is C15H23NOS. The average molecular weight is 265 g/mol. The Morgan fingerprint density at radius 3 is 3.11 bits per heavy atom. The van der Waals surface area contributed by atoms with E-state index in [9.17, 15) is 0 Å². The smallest absolute Gasteiger partial charge is 0.122 e. The maximum absolute atomic E-state index is 5.94. The fourth-order valence-corrected chi connectivity index (χ4v) is 3.01. The van der Waals surface area contributed by atoms with Crippen LogP contribution in [-0.4, -0.2) is 25.2 Å². The van der Waals surface area contributed by atoms with Gasteiger partial charge in [-0.05, 0) is 55.0 Å². The molecule has 1 aromatic carbocycles. The molecule has 3 heteroatoms. The van der Waals surface area contributed by atoms with E-state index in [4.69, 9.17) is 4.74 Å². The standard InChI is InChI=1S/C15H23NOS/c1-3-16-14-9-8-13-12(14)6-4-7-15(13)17-10-5-11-18-2/h4,6-7,14,16H,3,5,8-11H2,1-2H3. The number of hydrogen-bond acceptors (Lipinski definition) is 3. The van der Waals surface area contributed by atoms with Crippen LogP contribution in [0, 0.1) is 0 Å². The Morgan fingerprint density at radius 1 is 1.44 bits per heavy atom. The van der Waals surface area contributed by atoms with Crippen molar-refractivity contribution in [1.29, 1.82) is 0 Å². The lowest BCUT2D eigenvalue weighted by Gasteiger charge is -2.14. The zero-order valence-corrected chi connectivity index (χ0v) is 12.2. The van der Waals surface area contributed by atoms with E-state index in [0.717, 1.165) is 31.7 Å². The normalized spacial score (nSPS) is 17.8. The van der Waals surface area contributed by atoms with Crippen molar-refractivity contribution in [2.45, 2.75) is 32.2 Å². The Kier molecular flexibility index (Phi) is 5.39. The monoisotopic (exact) mass is 265 g/mol. The van der Waals surface area contributed by atoms with Gasteiger partial charge in [0.1, 0.15) is 5.75 Å². The highest BCUT2D eigenvalue weighted by molar-refractivity contribution is 7.98. The quantitative estimate of drug-likeness (QED) is 0.763. The third kappa shape index (κ3) is 3.21. The molecule has 1 unspecified atom stereocenters. The summed E-state index contributed by atoms with van der Waals surface area (Å²) in [5.74, 6) is 2.28. The molecule has 0 radical (unpaired) electrons. The first-order chi connectivity index (χ1) is 8.86. The SMILES string of the molecule is CCNC1CCc2c(OCCCSC)cccc21. The lowest BCUT2D eigenvalue weighted by atomic mass is 10.1. The molecule has 18 heavy (non-hydrogen) atoms. The highest BCUT2D eigenvalue weighted by Crippen LogP contribution is 2.36. The fraction of sp³-hybridized carbons (Fsp3) is 0.600. The van der Waals surface area contributed by atoms with Crippen LogP contribution < -0.4 is 10.1 Å². The van der Waals surface area contributed by atoms with E-state index in [1.807, 2.05) is 11.8 Å². The second-order valence-corrected chi connectivity index (χ2v) is 5.65. The van der Waals surface area contributed by atoms with Crippen molar-refractivity contribution in [1.82, 2.24) is 5.32 Å². The summed E-state index contributed by atoms with van der Waals surface area (Å²) in [5, 5.41) is 3.55. The van der Waals surface area contributed by atoms with Crippen molar-refractivity contribution in [2.75, 3.05) is 25.2 Å².